The Labute approximate surface area is 115 Å². The maximum atomic E-state index is 11.8. The van der Waals surface area contributed by atoms with Crippen LogP contribution in [0.2, 0.25) is 0 Å². The van der Waals surface area contributed by atoms with E-state index in [-0.39, 0.29) is 5.56 Å². The minimum atomic E-state index is -0.115. The molecule has 0 saturated heterocycles. The average Bonchev–Trinajstić information content (AvgIpc) is 2.81. The molecule has 3 rings (SSSR count). The van der Waals surface area contributed by atoms with Gasteiger partial charge < -0.3 is 9.88 Å². The molecule has 0 saturated carbocycles. The zero-order valence-corrected chi connectivity index (χ0v) is 11.6. The molecule has 0 fully saturated rings. The van der Waals surface area contributed by atoms with E-state index in [0.29, 0.717) is 17.1 Å². The van der Waals surface area contributed by atoms with Gasteiger partial charge in [-0.15, -0.1) is 0 Å². The lowest BCUT2D eigenvalue weighted by Crippen LogP contribution is -2.22. The molecule has 6 heteroatoms. The number of hydrogen-bond acceptors (Lipinski definition) is 4. The van der Waals surface area contributed by atoms with Gasteiger partial charge in [0.2, 0.25) is 0 Å². The van der Waals surface area contributed by atoms with Crippen molar-refractivity contribution >= 4 is 22.5 Å². The molecule has 0 spiro atoms. The Balaban J connectivity index is 2.01. The van der Waals surface area contributed by atoms with Crippen LogP contribution < -0.4 is 10.9 Å². The molecule has 0 atom stereocenters. The molecule has 0 aliphatic heterocycles. The summed E-state index contributed by atoms with van der Waals surface area (Å²) in [5.74, 6) is 0.696. The Morgan fingerprint density at radius 3 is 2.80 bits per heavy atom. The third kappa shape index (κ3) is 1.95. The van der Waals surface area contributed by atoms with E-state index in [1.54, 1.807) is 20.2 Å². The third-order valence-electron chi connectivity index (χ3n) is 3.38. The summed E-state index contributed by atoms with van der Waals surface area (Å²) in [4.78, 5) is 16.3. The molecule has 0 aliphatic carbocycles. The number of nitrogens with zero attached hydrogens (tertiary/aromatic N) is 4. The van der Waals surface area contributed by atoms with E-state index in [9.17, 15) is 4.79 Å². The first-order valence-electron chi connectivity index (χ1n) is 6.28. The summed E-state index contributed by atoms with van der Waals surface area (Å²) in [6.07, 6.45) is 3.60. The normalized spacial score (nSPS) is 10.9. The summed E-state index contributed by atoms with van der Waals surface area (Å²) in [7, 11) is 3.61. The molecule has 3 heterocycles. The van der Waals surface area contributed by atoms with Crippen LogP contribution in [0.4, 0.5) is 11.5 Å². The maximum absolute atomic E-state index is 11.8. The summed E-state index contributed by atoms with van der Waals surface area (Å²) in [6, 6.07) is 5.84. The first kappa shape index (κ1) is 12.4. The topological polar surface area (TPSA) is 64.7 Å². The van der Waals surface area contributed by atoms with Crippen molar-refractivity contribution in [3.8, 4) is 0 Å². The van der Waals surface area contributed by atoms with E-state index in [2.05, 4.69) is 15.4 Å². The SMILES string of the molecule is Cc1c(Nc2ccc3c(ccn3C)n2)cnn(C)c1=O. The van der Waals surface area contributed by atoms with Crippen molar-refractivity contribution in [1.82, 2.24) is 19.3 Å². The van der Waals surface area contributed by atoms with Gasteiger partial charge in [-0.25, -0.2) is 9.67 Å². The van der Waals surface area contributed by atoms with Crippen molar-refractivity contribution in [1.29, 1.82) is 0 Å². The highest BCUT2D eigenvalue weighted by molar-refractivity contribution is 5.78. The van der Waals surface area contributed by atoms with Crippen LogP contribution in [0.3, 0.4) is 0 Å². The van der Waals surface area contributed by atoms with Gasteiger partial charge in [0.1, 0.15) is 5.82 Å². The number of anilines is 2. The molecule has 1 N–H and O–H groups in total. The van der Waals surface area contributed by atoms with Crippen LogP contribution in [0.1, 0.15) is 5.56 Å². The third-order valence-corrected chi connectivity index (χ3v) is 3.38. The monoisotopic (exact) mass is 269 g/mol. The molecule has 3 aromatic heterocycles. The zero-order valence-electron chi connectivity index (χ0n) is 11.6. The molecule has 6 nitrogen and oxygen atoms in total. The quantitative estimate of drug-likeness (QED) is 0.769. The Morgan fingerprint density at radius 2 is 2.00 bits per heavy atom. The average molecular weight is 269 g/mol. The molecular formula is C14H15N5O. The Morgan fingerprint density at radius 1 is 1.20 bits per heavy atom. The lowest BCUT2D eigenvalue weighted by Gasteiger charge is -2.09. The summed E-state index contributed by atoms with van der Waals surface area (Å²) in [5, 5.41) is 7.16. The Kier molecular flexibility index (Phi) is 2.78. The van der Waals surface area contributed by atoms with E-state index in [0.717, 1.165) is 11.0 Å². The van der Waals surface area contributed by atoms with Crippen molar-refractivity contribution in [2.24, 2.45) is 14.1 Å². The second-order valence-electron chi connectivity index (χ2n) is 4.76. The fourth-order valence-electron chi connectivity index (χ4n) is 2.14. The molecule has 0 aromatic carbocycles. The predicted molar refractivity (Wildman–Crippen MR) is 78.2 cm³/mol. The van der Waals surface area contributed by atoms with E-state index >= 15 is 0 Å². The van der Waals surface area contributed by atoms with Crippen LogP contribution in [0.15, 0.2) is 35.4 Å². The zero-order chi connectivity index (χ0) is 14.3. The number of aromatic nitrogens is 4. The molecule has 0 amide bonds. The molecule has 0 unspecified atom stereocenters. The van der Waals surface area contributed by atoms with Gasteiger partial charge in [-0.2, -0.15) is 5.10 Å². The smallest absolute Gasteiger partial charge is 0.271 e. The number of nitrogens with one attached hydrogen (secondary N) is 1. The molecule has 0 aliphatic rings. The van der Waals surface area contributed by atoms with Gasteiger partial charge in [0.15, 0.2) is 0 Å². The Bertz CT molecular complexity index is 846. The second kappa shape index (κ2) is 4.48. The van der Waals surface area contributed by atoms with E-state index in [1.165, 1.54) is 4.68 Å². The van der Waals surface area contributed by atoms with Crippen LogP contribution in [0.25, 0.3) is 11.0 Å². The number of fused-ring (bicyclic) bond motifs is 1. The van der Waals surface area contributed by atoms with Crippen molar-refractivity contribution in [3.05, 3.63) is 46.5 Å². The van der Waals surface area contributed by atoms with Crippen molar-refractivity contribution in [2.75, 3.05) is 5.32 Å². The van der Waals surface area contributed by atoms with Gasteiger partial charge >= 0.3 is 0 Å². The van der Waals surface area contributed by atoms with Crippen LogP contribution in [-0.4, -0.2) is 19.3 Å². The highest BCUT2D eigenvalue weighted by atomic mass is 16.1. The molecular weight excluding hydrogens is 254 g/mol. The fourth-order valence-corrected chi connectivity index (χ4v) is 2.14. The largest absolute Gasteiger partial charge is 0.349 e. The van der Waals surface area contributed by atoms with Gasteiger partial charge in [-0.3, -0.25) is 4.79 Å². The van der Waals surface area contributed by atoms with Gasteiger partial charge in [0, 0.05) is 25.9 Å². The maximum Gasteiger partial charge on any atom is 0.271 e. The van der Waals surface area contributed by atoms with E-state index < -0.39 is 0 Å². The summed E-state index contributed by atoms with van der Waals surface area (Å²) < 4.78 is 3.32. The Hall–Kier alpha value is -2.63. The molecule has 0 bridgehead atoms. The van der Waals surface area contributed by atoms with E-state index in [4.69, 9.17) is 0 Å². The van der Waals surface area contributed by atoms with Crippen LogP contribution >= 0.6 is 0 Å². The first-order chi connectivity index (χ1) is 9.56. The molecule has 0 radical (unpaired) electrons. The molecule has 102 valence electrons. The van der Waals surface area contributed by atoms with Gasteiger partial charge in [-0.05, 0) is 25.1 Å². The van der Waals surface area contributed by atoms with Crippen molar-refractivity contribution < 1.29 is 0 Å². The fraction of sp³-hybridized carbons (Fsp3) is 0.214. The summed E-state index contributed by atoms with van der Waals surface area (Å²) in [5.41, 5.74) is 3.16. The lowest BCUT2D eigenvalue weighted by atomic mass is 10.3. The van der Waals surface area contributed by atoms with Crippen molar-refractivity contribution in [3.63, 3.8) is 0 Å². The van der Waals surface area contributed by atoms with Gasteiger partial charge in [0.25, 0.3) is 5.56 Å². The number of hydrogen-bond donors (Lipinski definition) is 1. The second-order valence-corrected chi connectivity index (χ2v) is 4.76. The first-order valence-corrected chi connectivity index (χ1v) is 6.28. The molecule has 3 aromatic rings. The lowest BCUT2D eigenvalue weighted by molar-refractivity contribution is 0.702. The standard InChI is InChI=1S/C14H15N5O/c1-9-11(8-15-19(3)14(9)20)17-13-5-4-12-10(16-13)6-7-18(12)2/h4-8H,1-3H3,(H,16,17). The predicted octanol–water partition coefficient (Wildman–Crippen LogP) is 1.72. The van der Waals surface area contributed by atoms with Crippen molar-refractivity contribution in [2.45, 2.75) is 6.92 Å². The summed E-state index contributed by atoms with van der Waals surface area (Å²) in [6.45, 7) is 1.77. The van der Waals surface area contributed by atoms with Gasteiger partial charge in [-0.1, -0.05) is 0 Å². The van der Waals surface area contributed by atoms with Crippen LogP contribution in [-0.2, 0) is 14.1 Å². The number of aryl methyl sites for hydroxylation is 2. The summed E-state index contributed by atoms with van der Waals surface area (Å²) >= 11 is 0. The minimum Gasteiger partial charge on any atom is -0.349 e. The number of pyridine rings is 1. The number of rotatable bonds is 2. The van der Waals surface area contributed by atoms with Gasteiger partial charge in [0.05, 0.1) is 22.9 Å². The van der Waals surface area contributed by atoms with Crippen LogP contribution in [0.5, 0.6) is 0 Å². The highest BCUT2D eigenvalue weighted by Crippen LogP contribution is 2.19. The highest BCUT2D eigenvalue weighted by Gasteiger charge is 2.07. The minimum absolute atomic E-state index is 0.115. The van der Waals surface area contributed by atoms with Crippen LogP contribution in [0, 0.1) is 6.92 Å². The molecule has 20 heavy (non-hydrogen) atoms. The van der Waals surface area contributed by atoms with E-state index in [1.807, 2.05) is 36.0 Å².